The van der Waals surface area contributed by atoms with Crippen molar-refractivity contribution in [1.82, 2.24) is 24.5 Å². The van der Waals surface area contributed by atoms with Crippen molar-refractivity contribution < 1.29 is 19.0 Å². The van der Waals surface area contributed by atoms with E-state index < -0.39 is 5.82 Å². The predicted octanol–water partition coefficient (Wildman–Crippen LogP) is 6.42. The summed E-state index contributed by atoms with van der Waals surface area (Å²) in [4.78, 5) is 30.3. The minimum absolute atomic E-state index is 0.117. The number of hydrogen-bond acceptors (Lipinski definition) is 6. The molecule has 4 heterocycles. The summed E-state index contributed by atoms with van der Waals surface area (Å²) in [5.74, 6) is 0.586. The van der Waals surface area contributed by atoms with Crippen LogP contribution in [0.15, 0.2) is 55.1 Å². The smallest absolute Gasteiger partial charge is 0.311 e. The monoisotopic (exact) mass is 539 g/mol. The number of phenols is 1. The Bertz CT molecular complexity index is 1740. The number of aromatic amines is 1. The lowest BCUT2D eigenvalue weighted by molar-refractivity contribution is -0.153. The van der Waals surface area contributed by atoms with Crippen molar-refractivity contribution in [2.75, 3.05) is 6.61 Å². The average molecular weight is 540 g/mol. The van der Waals surface area contributed by atoms with E-state index in [1.165, 1.54) is 12.3 Å². The van der Waals surface area contributed by atoms with Gasteiger partial charge in [-0.2, -0.15) is 0 Å². The second kappa shape index (κ2) is 9.73. The molecule has 4 atom stereocenters. The molecule has 0 radical (unpaired) electrons. The first kappa shape index (κ1) is 24.7. The zero-order valence-corrected chi connectivity index (χ0v) is 22.2. The number of phenolic OH excluding ortho intramolecular Hbond substituents is 1. The van der Waals surface area contributed by atoms with E-state index >= 15 is 0 Å². The highest BCUT2D eigenvalue weighted by atomic mass is 19.1. The fourth-order valence-corrected chi connectivity index (χ4v) is 7.04. The van der Waals surface area contributed by atoms with Crippen LogP contribution >= 0.6 is 0 Å². The number of rotatable bonds is 5. The third kappa shape index (κ3) is 4.11. The highest BCUT2D eigenvalue weighted by Crippen LogP contribution is 2.50. The normalized spacial score (nSPS) is 22.6. The Kier molecular flexibility index (Phi) is 6.02. The number of carbonyl (C=O) groups is 1. The fourth-order valence-electron chi connectivity index (χ4n) is 7.04. The molecule has 7 rings (SSSR count). The van der Waals surface area contributed by atoms with Gasteiger partial charge in [0.25, 0.3) is 0 Å². The van der Waals surface area contributed by atoms with Gasteiger partial charge in [0.2, 0.25) is 0 Å². The van der Waals surface area contributed by atoms with Gasteiger partial charge in [-0.1, -0.05) is 25.0 Å². The molecule has 2 aliphatic rings. The number of ether oxygens (including phenoxy) is 1. The SMILES string of the molecule is CCOC(=O)[C@@H]1CC2CCCC(C2)[C@H]1n1cc(-c2cccc(O)c2)c2cnc(-c3c[nH]c4ncc(F)cc34)nc21. The average Bonchev–Trinajstić information content (AvgIpc) is 3.54. The van der Waals surface area contributed by atoms with Gasteiger partial charge in [-0.25, -0.2) is 19.3 Å². The van der Waals surface area contributed by atoms with Crippen LogP contribution in [0.25, 0.3) is 44.6 Å². The first-order valence-corrected chi connectivity index (χ1v) is 14.0. The lowest BCUT2D eigenvalue weighted by Crippen LogP contribution is -2.41. The summed E-state index contributed by atoms with van der Waals surface area (Å²) in [5, 5.41) is 11.7. The molecule has 40 heavy (non-hydrogen) atoms. The van der Waals surface area contributed by atoms with Crippen LogP contribution in [0.5, 0.6) is 5.75 Å². The molecule has 204 valence electrons. The van der Waals surface area contributed by atoms with Crippen molar-refractivity contribution in [2.24, 2.45) is 17.8 Å². The van der Waals surface area contributed by atoms with Gasteiger partial charge in [0.05, 0.1) is 24.8 Å². The van der Waals surface area contributed by atoms with Crippen LogP contribution in [0.4, 0.5) is 4.39 Å². The van der Waals surface area contributed by atoms with E-state index in [1.54, 1.807) is 24.5 Å². The van der Waals surface area contributed by atoms with Crippen LogP contribution in [0.1, 0.15) is 45.1 Å². The molecular weight excluding hydrogens is 509 g/mol. The zero-order chi connectivity index (χ0) is 27.4. The standard InChI is InChI=1S/C31H30FN5O3/c1-2-40-31(39)23-10-17-5-3-7-19(9-17)27(23)37-16-26(18-6-4-8-21(38)11-18)25-15-35-29(36-30(25)37)24-14-34-28-22(24)12-20(32)13-33-28/h4,6,8,11-17,19,23,27,38H,2-3,5,7,9-10H2,1H3,(H,33,34)/t17?,19?,23-,27-/m1/s1. The molecule has 2 bridgehead atoms. The number of aromatic hydroxyl groups is 1. The second-order valence-electron chi connectivity index (χ2n) is 11.1. The van der Waals surface area contributed by atoms with Gasteiger partial charge in [-0.3, -0.25) is 4.79 Å². The maximum Gasteiger partial charge on any atom is 0.311 e. The van der Waals surface area contributed by atoms with Crippen molar-refractivity contribution in [3.8, 4) is 28.3 Å². The topological polar surface area (TPSA) is 106 Å². The number of nitrogens with zero attached hydrogens (tertiary/aromatic N) is 4. The van der Waals surface area contributed by atoms with Crippen LogP contribution < -0.4 is 0 Å². The zero-order valence-electron chi connectivity index (χ0n) is 22.2. The summed E-state index contributed by atoms with van der Waals surface area (Å²) in [6.07, 6.45) is 12.0. The number of aromatic nitrogens is 5. The minimum Gasteiger partial charge on any atom is -0.508 e. The van der Waals surface area contributed by atoms with Gasteiger partial charge in [0.15, 0.2) is 5.82 Å². The first-order chi connectivity index (χ1) is 19.5. The van der Waals surface area contributed by atoms with E-state index in [-0.39, 0.29) is 23.7 Å². The second-order valence-corrected chi connectivity index (χ2v) is 11.1. The maximum absolute atomic E-state index is 14.1. The number of benzene rings is 1. The number of fused-ring (bicyclic) bond motifs is 4. The number of nitrogens with one attached hydrogen (secondary N) is 1. The third-order valence-electron chi connectivity index (χ3n) is 8.68. The Labute approximate surface area is 230 Å². The largest absolute Gasteiger partial charge is 0.508 e. The highest BCUT2D eigenvalue weighted by Gasteiger charge is 2.45. The maximum atomic E-state index is 14.1. The molecule has 2 N–H and O–H groups in total. The molecule has 9 heteroatoms. The molecule has 5 aromatic rings. The molecule has 4 aromatic heterocycles. The number of halogens is 1. The molecule has 0 amide bonds. The van der Waals surface area contributed by atoms with Crippen molar-refractivity contribution in [3.63, 3.8) is 0 Å². The number of esters is 1. The highest BCUT2D eigenvalue weighted by molar-refractivity contribution is 5.97. The molecule has 2 saturated carbocycles. The molecule has 8 nitrogen and oxygen atoms in total. The van der Waals surface area contributed by atoms with Gasteiger partial charge in [0, 0.05) is 40.5 Å². The van der Waals surface area contributed by atoms with E-state index in [4.69, 9.17) is 14.7 Å². The summed E-state index contributed by atoms with van der Waals surface area (Å²) in [6, 6.07) is 8.43. The van der Waals surface area contributed by atoms with Gasteiger partial charge in [-0.15, -0.1) is 0 Å². The predicted molar refractivity (Wildman–Crippen MR) is 149 cm³/mol. The quantitative estimate of drug-likeness (QED) is 0.250. The van der Waals surface area contributed by atoms with Crippen molar-refractivity contribution in [2.45, 2.75) is 45.1 Å². The molecule has 1 aromatic carbocycles. The van der Waals surface area contributed by atoms with Crippen LogP contribution in [0, 0.1) is 23.6 Å². The minimum atomic E-state index is -0.435. The summed E-state index contributed by atoms with van der Waals surface area (Å²) in [7, 11) is 0. The van der Waals surface area contributed by atoms with E-state index in [9.17, 15) is 14.3 Å². The van der Waals surface area contributed by atoms with Crippen LogP contribution in [0.2, 0.25) is 0 Å². The number of carbonyl (C=O) groups excluding carboxylic acids is 1. The van der Waals surface area contributed by atoms with Crippen LogP contribution in [-0.4, -0.2) is 42.2 Å². The van der Waals surface area contributed by atoms with Crippen LogP contribution in [0.3, 0.4) is 0 Å². The molecule has 2 unspecified atom stereocenters. The van der Waals surface area contributed by atoms with E-state index in [0.717, 1.165) is 48.6 Å². The van der Waals surface area contributed by atoms with Crippen LogP contribution in [-0.2, 0) is 9.53 Å². The number of hydrogen-bond donors (Lipinski definition) is 2. The molecule has 0 aliphatic heterocycles. The van der Waals surface area contributed by atoms with Crippen molar-refractivity contribution in [1.29, 1.82) is 0 Å². The molecule has 0 saturated heterocycles. The third-order valence-corrected chi connectivity index (χ3v) is 8.68. The van der Waals surface area contributed by atoms with E-state index in [0.29, 0.717) is 46.5 Å². The van der Waals surface area contributed by atoms with Gasteiger partial charge < -0.3 is 19.4 Å². The lowest BCUT2D eigenvalue weighted by atomic mass is 9.65. The Morgan fingerprint density at radius 1 is 1.15 bits per heavy atom. The number of pyridine rings is 1. The molecular formula is C31H30FN5O3. The Morgan fingerprint density at radius 3 is 2.90 bits per heavy atom. The fraction of sp³-hybridized carbons (Fsp3) is 0.355. The Hall–Kier alpha value is -4.27. The van der Waals surface area contributed by atoms with E-state index in [1.807, 2.05) is 19.1 Å². The molecule has 2 fully saturated rings. The van der Waals surface area contributed by atoms with E-state index in [2.05, 4.69) is 20.7 Å². The number of H-pyrrole nitrogens is 1. The van der Waals surface area contributed by atoms with Crippen molar-refractivity contribution >= 4 is 28.0 Å². The van der Waals surface area contributed by atoms with Gasteiger partial charge >= 0.3 is 5.97 Å². The van der Waals surface area contributed by atoms with Gasteiger partial charge in [-0.05, 0) is 61.8 Å². The van der Waals surface area contributed by atoms with Crippen molar-refractivity contribution in [3.05, 3.63) is 60.9 Å². The Balaban J connectivity index is 1.45. The Morgan fingerprint density at radius 2 is 2.05 bits per heavy atom. The summed E-state index contributed by atoms with van der Waals surface area (Å²) >= 11 is 0. The van der Waals surface area contributed by atoms with Gasteiger partial charge in [0.1, 0.15) is 22.9 Å². The molecule has 2 aliphatic carbocycles. The summed E-state index contributed by atoms with van der Waals surface area (Å²) in [5.41, 5.74) is 3.62. The summed E-state index contributed by atoms with van der Waals surface area (Å²) < 4.78 is 21.9. The molecule has 0 spiro atoms. The lowest BCUT2D eigenvalue weighted by Gasteiger charge is -2.44. The first-order valence-electron chi connectivity index (χ1n) is 14.0. The summed E-state index contributed by atoms with van der Waals surface area (Å²) in [6.45, 7) is 2.19.